The lowest BCUT2D eigenvalue weighted by atomic mass is 10.2. The van der Waals surface area contributed by atoms with Gasteiger partial charge in [0.1, 0.15) is 19.3 Å². The number of carbonyl (C=O) groups is 2. The van der Waals surface area contributed by atoms with Crippen molar-refractivity contribution >= 4 is 11.9 Å². The zero-order valence-corrected chi connectivity index (χ0v) is 15.2. The fourth-order valence-electron chi connectivity index (χ4n) is 1.55. The van der Waals surface area contributed by atoms with Crippen molar-refractivity contribution in [3.05, 3.63) is 0 Å². The Morgan fingerprint density at radius 1 is 0.750 bits per heavy atom. The van der Waals surface area contributed by atoms with Crippen molar-refractivity contribution in [3.8, 4) is 0 Å². The van der Waals surface area contributed by atoms with E-state index >= 15 is 0 Å². The molecule has 0 amide bonds. The van der Waals surface area contributed by atoms with Crippen LogP contribution in [-0.2, 0) is 38.2 Å². The molecule has 0 aliphatic heterocycles. The van der Waals surface area contributed by atoms with Gasteiger partial charge in [0.2, 0.25) is 0 Å². The highest BCUT2D eigenvalue weighted by Gasteiger charge is 2.17. The third-order valence-electron chi connectivity index (χ3n) is 2.79. The number of carbonyl (C=O) groups excluding carboxylic acids is 2. The van der Waals surface area contributed by atoms with Crippen LogP contribution in [-0.4, -0.2) is 102 Å². The predicted octanol–water partition coefficient (Wildman–Crippen LogP) is -1.76. The van der Waals surface area contributed by atoms with Gasteiger partial charge < -0.3 is 24.7 Å². The molecule has 0 saturated carbocycles. The van der Waals surface area contributed by atoms with Gasteiger partial charge in [0, 0.05) is 6.42 Å². The van der Waals surface area contributed by atoms with Crippen LogP contribution in [0.25, 0.3) is 0 Å². The Morgan fingerprint density at radius 2 is 1.21 bits per heavy atom. The van der Waals surface area contributed by atoms with Crippen molar-refractivity contribution in [2.75, 3.05) is 52.9 Å². The van der Waals surface area contributed by atoms with E-state index in [1.807, 2.05) is 0 Å². The Hall–Kier alpha value is -1.50. The van der Waals surface area contributed by atoms with Crippen LogP contribution in [0.4, 0.5) is 0 Å². The summed E-state index contributed by atoms with van der Waals surface area (Å²) in [4.78, 5) is 31.6. The molecule has 0 bridgehead atoms. The Morgan fingerprint density at radius 3 is 1.71 bits per heavy atom. The molecule has 0 radical (unpaired) electrons. The highest BCUT2D eigenvalue weighted by Crippen LogP contribution is 2.00. The molecule has 0 aromatic rings. The first-order valence-electron chi connectivity index (χ1n) is 8.17. The van der Waals surface area contributed by atoms with E-state index in [-0.39, 0.29) is 65.7 Å². The second-order valence-corrected chi connectivity index (χ2v) is 4.93. The third kappa shape index (κ3) is 17.9. The van der Waals surface area contributed by atoms with Crippen LogP contribution in [0.1, 0.15) is 12.8 Å². The number of ether oxygens (including phenoxy) is 4. The number of hydrogen-bond acceptors (Lipinski definition) is 15. The van der Waals surface area contributed by atoms with Crippen LogP contribution < -0.4 is 5.73 Å². The number of rotatable bonds is 18. The maximum Gasteiger partial charge on any atom is 0.323 e. The lowest BCUT2D eigenvalue weighted by Crippen LogP contribution is -2.33. The van der Waals surface area contributed by atoms with Gasteiger partial charge >= 0.3 is 11.9 Å². The number of hydrogen-bond donors (Lipinski definition) is 5. The van der Waals surface area contributed by atoms with Crippen LogP contribution in [0.2, 0.25) is 0 Å². The molecule has 0 aliphatic rings. The van der Waals surface area contributed by atoms with Crippen molar-refractivity contribution in [1.82, 2.24) is 10.8 Å². The number of nitrogens with two attached hydrogens (primary N) is 1. The number of nitrogens with zero attached hydrogens (tertiary/aromatic N) is 2. The van der Waals surface area contributed by atoms with Crippen LogP contribution in [0.5, 0.6) is 0 Å². The minimum Gasteiger partial charge on any atom is -0.463 e. The molecule has 166 valence electrons. The minimum atomic E-state index is -0.999. The Balaban J connectivity index is 3.55. The van der Waals surface area contributed by atoms with Gasteiger partial charge in [0.05, 0.1) is 50.4 Å². The highest BCUT2D eigenvalue weighted by atomic mass is 17.1. The van der Waals surface area contributed by atoms with E-state index in [1.165, 1.54) is 0 Å². The van der Waals surface area contributed by atoms with Gasteiger partial charge in [0.25, 0.3) is 0 Å². The van der Waals surface area contributed by atoms with E-state index < -0.39 is 28.8 Å². The average Bonchev–Trinajstić information content (AvgIpc) is 2.63. The SMILES string of the molecule is NC(CCC(=O)OCCOCCON(O)O)C(=O)OCCOCCON(O)O. The topological polar surface area (TPSA) is 203 Å². The normalized spacial score (nSPS) is 12.4. The van der Waals surface area contributed by atoms with Crippen LogP contribution >= 0.6 is 0 Å². The van der Waals surface area contributed by atoms with Gasteiger partial charge in [-0.2, -0.15) is 0 Å². The summed E-state index contributed by atoms with van der Waals surface area (Å²) >= 11 is 0. The van der Waals surface area contributed by atoms with Crippen LogP contribution in [0.15, 0.2) is 0 Å². The van der Waals surface area contributed by atoms with E-state index in [0.29, 0.717) is 0 Å². The van der Waals surface area contributed by atoms with Crippen molar-refractivity contribution in [3.63, 3.8) is 0 Å². The molecule has 0 fully saturated rings. The summed E-state index contributed by atoms with van der Waals surface area (Å²) in [5.41, 5.74) is 5.61. The van der Waals surface area contributed by atoms with Gasteiger partial charge in [-0.15, -0.1) is 0 Å². The molecule has 1 atom stereocenters. The maximum atomic E-state index is 11.6. The second-order valence-electron chi connectivity index (χ2n) is 4.93. The molecular formula is C13H27N3O12. The van der Waals surface area contributed by atoms with E-state index in [2.05, 4.69) is 9.68 Å². The highest BCUT2D eigenvalue weighted by molar-refractivity contribution is 5.77. The van der Waals surface area contributed by atoms with Gasteiger partial charge in [-0.1, -0.05) is 0 Å². The van der Waals surface area contributed by atoms with Crippen LogP contribution in [0.3, 0.4) is 0 Å². The van der Waals surface area contributed by atoms with Gasteiger partial charge in [0.15, 0.2) is 0 Å². The van der Waals surface area contributed by atoms with Crippen molar-refractivity contribution in [2.24, 2.45) is 5.73 Å². The summed E-state index contributed by atoms with van der Waals surface area (Å²) in [6.07, 6.45) is -0.0528. The fourth-order valence-corrected chi connectivity index (χ4v) is 1.55. The summed E-state index contributed by atoms with van der Waals surface area (Å²) in [7, 11) is 0. The molecule has 0 aromatic carbocycles. The Bertz CT molecular complexity index is 412. The quantitative estimate of drug-likeness (QED) is 0.0951. The first-order chi connectivity index (χ1) is 13.3. The lowest BCUT2D eigenvalue weighted by Gasteiger charge is -2.12. The first kappa shape index (κ1) is 26.5. The molecule has 0 aliphatic carbocycles. The largest absolute Gasteiger partial charge is 0.463 e. The van der Waals surface area contributed by atoms with Crippen molar-refractivity contribution in [2.45, 2.75) is 18.9 Å². The summed E-state index contributed by atoms with van der Waals surface area (Å²) in [6.45, 7) is -0.0443. The monoisotopic (exact) mass is 417 g/mol. The smallest absolute Gasteiger partial charge is 0.323 e. The van der Waals surface area contributed by atoms with E-state index in [4.69, 9.17) is 45.5 Å². The maximum absolute atomic E-state index is 11.6. The molecule has 0 heterocycles. The number of esters is 2. The first-order valence-corrected chi connectivity index (χ1v) is 8.17. The fraction of sp³-hybridized carbons (Fsp3) is 0.846. The van der Waals surface area contributed by atoms with Gasteiger partial charge in [-0.3, -0.25) is 30.4 Å². The Kier molecular flexibility index (Phi) is 16.6. The van der Waals surface area contributed by atoms with E-state index in [0.717, 1.165) is 0 Å². The molecule has 0 spiro atoms. The lowest BCUT2D eigenvalue weighted by molar-refractivity contribution is -0.493. The van der Waals surface area contributed by atoms with E-state index in [9.17, 15) is 9.59 Å². The van der Waals surface area contributed by atoms with Crippen molar-refractivity contribution in [1.29, 1.82) is 0 Å². The summed E-state index contributed by atoms with van der Waals surface area (Å²) in [5.74, 6) is -1.26. The summed E-state index contributed by atoms with van der Waals surface area (Å²) in [6, 6.07) is -0.999. The van der Waals surface area contributed by atoms with Gasteiger partial charge in [-0.25, -0.2) is 9.68 Å². The summed E-state index contributed by atoms with van der Waals surface area (Å²) < 4.78 is 19.7. The molecule has 15 heteroatoms. The average molecular weight is 417 g/mol. The van der Waals surface area contributed by atoms with Gasteiger partial charge in [-0.05, 0) is 6.42 Å². The van der Waals surface area contributed by atoms with Crippen molar-refractivity contribution < 1.29 is 59.0 Å². The molecule has 15 nitrogen and oxygen atoms in total. The molecule has 6 N–H and O–H groups in total. The molecule has 0 saturated heterocycles. The van der Waals surface area contributed by atoms with Crippen LogP contribution in [0, 0.1) is 0 Å². The zero-order chi connectivity index (χ0) is 21.2. The molecule has 0 rings (SSSR count). The van der Waals surface area contributed by atoms with E-state index in [1.54, 1.807) is 0 Å². The predicted molar refractivity (Wildman–Crippen MR) is 83.5 cm³/mol. The second kappa shape index (κ2) is 17.6. The molecule has 0 aromatic heterocycles. The minimum absolute atomic E-state index is 0.0220. The zero-order valence-electron chi connectivity index (χ0n) is 15.2. The molecule has 28 heavy (non-hydrogen) atoms. The summed E-state index contributed by atoms with van der Waals surface area (Å²) in [5, 5.41) is 32.1. The molecule has 1 unspecified atom stereocenters. The standard InChI is InChI=1S/C13H27N3O12/c14-11(13(18)26-8-4-24-6-10-28-16(21)22)1-2-12(17)25-7-3-23-5-9-27-15(19)20/h11,19-22H,1-10,14H2. The third-order valence-corrected chi connectivity index (χ3v) is 2.79. The Labute approximate surface area is 160 Å². The molecular weight excluding hydrogens is 390 g/mol.